The molecule has 4 saturated carbocycles. The first-order valence-electron chi connectivity index (χ1n) is 8.57. The Labute approximate surface area is 132 Å². The topological polar surface area (TPSA) is 67.4 Å². The molecule has 2 N–H and O–H groups in total. The van der Waals surface area contributed by atoms with Gasteiger partial charge >= 0.3 is 12.0 Å². The van der Waals surface area contributed by atoms with Gasteiger partial charge in [0, 0.05) is 5.54 Å². The highest BCUT2D eigenvalue weighted by atomic mass is 16.5. The van der Waals surface area contributed by atoms with Gasteiger partial charge in [-0.2, -0.15) is 0 Å². The van der Waals surface area contributed by atoms with Gasteiger partial charge in [0.25, 0.3) is 0 Å². The highest BCUT2D eigenvalue weighted by Crippen LogP contribution is 2.55. The van der Waals surface area contributed by atoms with Crippen molar-refractivity contribution in [2.75, 3.05) is 7.11 Å². The van der Waals surface area contributed by atoms with Crippen molar-refractivity contribution in [2.24, 2.45) is 23.7 Å². The normalized spacial score (nSPS) is 37.0. The Bertz CT molecular complexity index is 426. The fraction of sp³-hybridized carbons (Fsp3) is 0.882. The van der Waals surface area contributed by atoms with Crippen molar-refractivity contribution in [3.63, 3.8) is 0 Å². The van der Waals surface area contributed by atoms with E-state index in [0.29, 0.717) is 0 Å². The molecule has 0 aromatic heterocycles. The summed E-state index contributed by atoms with van der Waals surface area (Å²) in [5.74, 6) is 1.99. The summed E-state index contributed by atoms with van der Waals surface area (Å²) in [5.41, 5.74) is -0.0313. The Kier molecular flexibility index (Phi) is 4.08. The third kappa shape index (κ3) is 2.95. The van der Waals surface area contributed by atoms with Crippen molar-refractivity contribution in [2.45, 2.75) is 64.0 Å². The van der Waals surface area contributed by atoms with Gasteiger partial charge in [-0.15, -0.1) is 0 Å². The van der Waals surface area contributed by atoms with Crippen LogP contribution in [0.3, 0.4) is 0 Å². The third-order valence-electron chi connectivity index (χ3n) is 5.83. The molecule has 2 amide bonds. The summed E-state index contributed by atoms with van der Waals surface area (Å²) in [7, 11) is 1.36. The molecule has 0 saturated heterocycles. The Morgan fingerprint density at radius 1 is 1.05 bits per heavy atom. The zero-order valence-electron chi connectivity index (χ0n) is 13.9. The fourth-order valence-electron chi connectivity index (χ4n) is 5.31. The van der Waals surface area contributed by atoms with Crippen LogP contribution in [-0.2, 0) is 9.53 Å². The average molecular weight is 308 g/mol. The first kappa shape index (κ1) is 15.6. The summed E-state index contributed by atoms with van der Waals surface area (Å²) < 4.78 is 4.79. The second-order valence-corrected chi connectivity index (χ2v) is 8.04. The lowest BCUT2D eigenvalue weighted by atomic mass is 9.53. The average Bonchev–Trinajstić information content (AvgIpc) is 2.41. The number of amides is 2. The standard InChI is InChI=1S/C17H28N2O3/c1-10(2)14(15(20)22-3)18-16(21)19-17-7-11-4-12(8-17)6-13(5-11)9-17/h10-14H,4-9H2,1-3H3,(H2,18,19,21)/t11?,12?,13?,14-,17?/m1/s1. The van der Waals surface area contributed by atoms with Crippen LogP contribution in [0.15, 0.2) is 0 Å². The second kappa shape index (κ2) is 5.74. The molecule has 5 heteroatoms. The van der Waals surface area contributed by atoms with E-state index in [0.717, 1.165) is 37.0 Å². The highest BCUT2D eigenvalue weighted by molar-refractivity contribution is 5.84. The molecule has 22 heavy (non-hydrogen) atoms. The summed E-state index contributed by atoms with van der Waals surface area (Å²) in [4.78, 5) is 24.2. The highest BCUT2D eigenvalue weighted by Gasteiger charge is 2.51. The van der Waals surface area contributed by atoms with Crippen LogP contribution in [0.4, 0.5) is 4.79 Å². The van der Waals surface area contributed by atoms with Crippen LogP contribution in [-0.4, -0.2) is 30.7 Å². The lowest BCUT2D eigenvalue weighted by Gasteiger charge is -2.56. The first-order chi connectivity index (χ1) is 10.4. The maximum absolute atomic E-state index is 12.4. The summed E-state index contributed by atoms with van der Waals surface area (Å²) in [5, 5.41) is 6.05. The van der Waals surface area contributed by atoms with Crippen molar-refractivity contribution in [1.29, 1.82) is 0 Å². The molecule has 0 heterocycles. The molecular weight excluding hydrogens is 280 g/mol. The maximum Gasteiger partial charge on any atom is 0.328 e. The molecule has 0 spiro atoms. The molecule has 124 valence electrons. The quantitative estimate of drug-likeness (QED) is 0.784. The molecule has 4 aliphatic rings. The van der Waals surface area contributed by atoms with E-state index < -0.39 is 6.04 Å². The molecule has 4 aliphatic carbocycles. The van der Waals surface area contributed by atoms with Gasteiger partial charge in [-0.1, -0.05) is 13.8 Å². The molecular formula is C17H28N2O3. The van der Waals surface area contributed by atoms with E-state index >= 15 is 0 Å². The lowest BCUT2D eigenvalue weighted by Crippen LogP contribution is -2.63. The maximum atomic E-state index is 12.4. The molecule has 0 aliphatic heterocycles. The van der Waals surface area contributed by atoms with Crippen LogP contribution in [0.5, 0.6) is 0 Å². The number of ether oxygens (including phenoxy) is 1. The SMILES string of the molecule is COC(=O)[C@H](NC(=O)NC12CC3CC(CC(C3)C1)C2)C(C)C. The summed E-state index contributed by atoms with van der Waals surface area (Å²) in [6.07, 6.45) is 7.36. The Balaban J connectivity index is 1.63. The van der Waals surface area contributed by atoms with Crippen LogP contribution >= 0.6 is 0 Å². The molecule has 0 radical (unpaired) electrons. The van der Waals surface area contributed by atoms with Gasteiger partial charge in [0.15, 0.2) is 0 Å². The number of nitrogens with one attached hydrogen (secondary N) is 2. The van der Waals surface area contributed by atoms with E-state index in [1.807, 2.05) is 13.8 Å². The van der Waals surface area contributed by atoms with Crippen molar-refractivity contribution in [3.05, 3.63) is 0 Å². The van der Waals surface area contributed by atoms with Gasteiger partial charge in [0.05, 0.1) is 7.11 Å². The molecule has 0 aromatic carbocycles. The molecule has 1 atom stereocenters. The Hall–Kier alpha value is -1.26. The Morgan fingerprint density at radius 3 is 1.95 bits per heavy atom. The van der Waals surface area contributed by atoms with Gasteiger partial charge < -0.3 is 15.4 Å². The number of carbonyl (C=O) groups is 2. The summed E-state index contributed by atoms with van der Waals surface area (Å²) in [6.45, 7) is 3.82. The van der Waals surface area contributed by atoms with E-state index in [2.05, 4.69) is 10.6 Å². The number of hydrogen-bond donors (Lipinski definition) is 2. The number of esters is 1. The van der Waals surface area contributed by atoms with Crippen LogP contribution in [0.2, 0.25) is 0 Å². The number of hydrogen-bond acceptors (Lipinski definition) is 3. The number of methoxy groups -OCH3 is 1. The van der Waals surface area contributed by atoms with Gasteiger partial charge in [-0.25, -0.2) is 9.59 Å². The monoisotopic (exact) mass is 308 g/mol. The van der Waals surface area contributed by atoms with E-state index in [9.17, 15) is 9.59 Å². The van der Waals surface area contributed by atoms with E-state index in [4.69, 9.17) is 4.74 Å². The fourth-order valence-corrected chi connectivity index (χ4v) is 5.31. The second-order valence-electron chi connectivity index (χ2n) is 8.04. The van der Waals surface area contributed by atoms with E-state index in [1.54, 1.807) is 0 Å². The number of urea groups is 1. The van der Waals surface area contributed by atoms with E-state index in [1.165, 1.54) is 26.4 Å². The summed E-state index contributed by atoms with van der Waals surface area (Å²) >= 11 is 0. The zero-order valence-corrected chi connectivity index (χ0v) is 13.9. The van der Waals surface area contributed by atoms with Crippen LogP contribution < -0.4 is 10.6 Å². The molecule has 4 rings (SSSR count). The first-order valence-corrected chi connectivity index (χ1v) is 8.57. The summed E-state index contributed by atoms with van der Waals surface area (Å²) in [6, 6.07) is -0.801. The van der Waals surface area contributed by atoms with Crippen molar-refractivity contribution >= 4 is 12.0 Å². The molecule has 4 fully saturated rings. The third-order valence-corrected chi connectivity index (χ3v) is 5.83. The smallest absolute Gasteiger partial charge is 0.328 e. The minimum atomic E-state index is -0.584. The van der Waals surface area contributed by atoms with Gasteiger partial charge in [0.1, 0.15) is 6.04 Å². The lowest BCUT2D eigenvalue weighted by molar-refractivity contribution is -0.144. The van der Waals surface area contributed by atoms with Crippen LogP contribution in [0.25, 0.3) is 0 Å². The van der Waals surface area contributed by atoms with Crippen molar-refractivity contribution < 1.29 is 14.3 Å². The number of carbonyl (C=O) groups excluding carboxylic acids is 2. The number of rotatable bonds is 4. The molecule has 4 bridgehead atoms. The van der Waals surface area contributed by atoms with E-state index in [-0.39, 0.29) is 23.5 Å². The molecule has 0 unspecified atom stereocenters. The zero-order chi connectivity index (χ0) is 15.9. The molecule has 0 aromatic rings. The Morgan fingerprint density at radius 2 is 1.55 bits per heavy atom. The predicted molar refractivity (Wildman–Crippen MR) is 83.2 cm³/mol. The van der Waals surface area contributed by atoms with Crippen LogP contribution in [0.1, 0.15) is 52.4 Å². The molecule has 5 nitrogen and oxygen atoms in total. The van der Waals surface area contributed by atoms with Gasteiger partial charge in [0.2, 0.25) is 0 Å². The predicted octanol–water partition coefficient (Wildman–Crippen LogP) is 2.45. The van der Waals surface area contributed by atoms with Crippen molar-refractivity contribution in [1.82, 2.24) is 10.6 Å². The van der Waals surface area contributed by atoms with Gasteiger partial charge in [-0.3, -0.25) is 0 Å². The minimum absolute atomic E-state index is 0.00885. The van der Waals surface area contributed by atoms with Gasteiger partial charge in [-0.05, 0) is 62.2 Å². The minimum Gasteiger partial charge on any atom is -0.467 e. The van der Waals surface area contributed by atoms with Crippen LogP contribution in [0, 0.1) is 23.7 Å². The largest absolute Gasteiger partial charge is 0.467 e. The van der Waals surface area contributed by atoms with Crippen molar-refractivity contribution in [3.8, 4) is 0 Å².